The molecule has 0 aliphatic heterocycles. The van der Waals surface area contributed by atoms with Crippen molar-refractivity contribution in [3.63, 3.8) is 0 Å². The van der Waals surface area contributed by atoms with E-state index in [4.69, 9.17) is 4.74 Å². The summed E-state index contributed by atoms with van der Waals surface area (Å²) in [6.45, 7) is 2.85. The molecule has 0 fully saturated rings. The van der Waals surface area contributed by atoms with Crippen LogP contribution in [-0.4, -0.2) is 12.6 Å². The first-order chi connectivity index (χ1) is 17.3. The number of unbranched alkanes of at least 4 members (excludes halogenated alkanes) is 23. The summed E-state index contributed by atoms with van der Waals surface area (Å²) in [6.07, 6.45) is 33.6. The largest absolute Gasteiger partial charge is 0.462 e. The van der Waals surface area contributed by atoms with Crippen LogP contribution in [0.5, 0.6) is 0 Å². The highest BCUT2D eigenvalue weighted by Gasteiger charge is 2.04. The molecule has 0 N–H and O–H groups in total. The first-order valence-corrected chi connectivity index (χ1v) is 15.6. The van der Waals surface area contributed by atoms with Gasteiger partial charge < -0.3 is 4.74 Å². The van der Waals surface area contributed by atoms with E-state index in [2.05, 4.69) is 6.92 Å². The van der Waals surface area contributed by atoms with E-state index in [9.17, 15) is 4.79 Å². The van der Waals surface area contributed by atoms with Crippen molar-refractivity contribution < 1.29 is 9.53 Å². The molecule has 0 spiro atoms. The van der Waals surface area contributed by atoms with Crippen LogP contribution in [0.25, 0.3) is 0 Å². The minimum Gasteiger partial charge on any atom is -0.462 e. The maximum absolute atomic E-state index is 11.9. The number of ether oxygens (including phenoxy) is 1. The molecule has 0 radical (unpaired) electrons. The molecule has 2 nitrogen and oxygen atoms in total. The lowest BCUT2D eigenvalue weighted by Crippen LogP contribution is -2.06. The zero-order valence-electron chi connectivity index (χ0n) is 23.4. The summed E-state index contributed by atoms with van der Waals surface area (Å²) < 4.78 is 5.34. The van der Waals surface area contributed by atoms with Gasteiger partial charge in [-0.2, -0.15) is 0 Å². The van der Waals surface area contributed by atoms with Crippen LogP contribution < -0.4 is 0 Å². The van der Waals surface area contributed by atoms with Gasteiger partial charge in [-0.1, -0.05) is 173 Å². The highest BCUT2D eigenvalue weighted by Crippen LogP contribution is 2.15. The van der Waals surface area contributed by atoms with Gasteiger partial charge in [0.25, 0.3) is 0 Å². The number of rotatable bonds is 26. The van der Waals surface area contributed by atoms with E-state index in [-0.39, 0.29) is 5.97 Å². The van der Waals surface area contributed by atoms with Crippen LogP contribution in [0, 0.1) is 0 Å². The van der Waals surface area contributed by atoms with Crippen molar-refractivity contribution in [2.75, 3.05) is 6.61 Å². The minimum atomic E-state index is -0.195. The summed E-state index contributed by atoms with van der Waals surface area (Å²) in [5.74, 6) is -0.195. The zero-order chi connectivity index (χ0) is 25.1. The van der Waals surface area contributed by atoms with Gasteiger partial charge in [-0.25, -0.2) is 4.79 Å². The fourth-order valence-electron chi connectivity index (χ4n) is 4.89. The number of carbonyl (C=O) groups is 1. The van der Waals surface area contributed by atoms with Crippen LogP contribution >= 0.6 is 0 Å². The number of hydrogen-bond acceptors (Lipinski definition) is 2. The van der Waals surface area contributed by atoms with Crippen LogP contribution in [0.2, 0.25) is 0 Å². The van der Waals surface area contributed by atoms with Gasteiger partial charge in [0.1, 0.15) is 0 Å². The Hall–Kier alpha value is -1.31. The van der Waals surface area contributed by atoms with E-state index in [0.717, 1.165) is 6.42 Å². The fraction of sp³-hybridized carbons (Fsp3) is 0.788. The van der Waals surface area contributed by atoms with Crippen molar-refractivity contribution in [1.82, 2.24) is 0 Å². The molecule has 0 aliphatic rings. The van der Waals surface area contributed by atoms with Crippen molar-refractivity contribution in [3.8, 4) is 0 Å². The van der Waals surface area contributed by atoms with Gasteiger partial charge in [-0.3, -0.25) is 0 Å². The molecule has 0 atom stereocenters. The van der Waals surface area contributed by atoms with Gasteiger partial charge in [0.15, 0.2) is 0 Å². The van der Waals surface area contributed by atoms with Gasteiger partial charge in [-0.15, -0.1) is 0 Å². The van der Waals surface area contributed by atoms with E-state index in [0.29, 0.717) is 12.2 Å². The first kappa shape index (κ1) is 31.7. The van der Waals surface area contributed by atoms with Gasteiger partial charge >= 0.3 is 5.97 Å². The standard InChI is InChI=1S/C33H58O2/c1-2-3-4-5-6-7-8-9-10-11-12-13-14-15-16-17-18-19-20-21-22-23-24-28-31-35-33(34)32-29-26-25-27-30-32/h25-27,29-30H,2-24,28,31H2,1H3. The molecular formula is C33H58O2. The Morgan fingerprint density at radius 1 is 0.486 bits per heavy atom. The second kappa shape index (κ2) is 25.8. The third-order valence-electron chi connectivity index (χ3n) is 7.24. The topological polar surface area (TPSA) is 26.3 Å². The molecule has 0 saturated carbocycles. The normalized spacial score (nSPS) is 11.1. The SMILES string of the molecule is CCCCCCCCCCCCCCCCCCCCCCCCCCOC(=O)c1ccccc1. The molecule has 2 heteroatoms. The van der Waals surface area contributed by atoms with E-state index in [1.54, 1.807) is 0 Å². The third kappa shape index (κ3) is 21.7. The molecule has 0 amide bonds. The highest BCUT2D eigenvalue weighted by atomic mass is 16.5. The van der Waals surface area contributed by atoms with Crippen LogP contribution in [0.15, 0.2) is 30.3 Å². The molecule has 202 valence electrons. The Balaban J connectivity index is 1.67. The maximum Gasteiger partial charge on any atom is 0.338 e. The molecular weight excluding hydrogens is 428 g/mol. The number of hydrogen-bond donors (Lipinski definition) is 0. The lowest BCUT2D eigenvalue weighted by Gasteiger charge is -2.05. The number of benzene rings is 1. The summed E-state index contributed by atoms with van der Waals surface area (Å²) in [5.41, 5.74) is 0.650. The first-order valence-electron chi connectivity index (χ1n) is 15.6. The molecule has 0 heterocycles. The minimum absolute atomic E-state index is 0.195. The average molecular weight is 487 g/mol. The summed E-state index contributed by atoms with van der Waals surface area (Å²) in [5, 5.41) is 0. The van der Waals surface area contributed by atoms with E-state index < -0.39 is 0 Å². The third-order valence-corrected chi connectivity index (χ3v) is 7.24. The van der Waals surface area contributed by atoms with Gasteiger partial charge in [0.05, 0.1) is 12.2 Å². The Kier molecular flexibility index (Phi) is 23.4. The second-order valence-corrected chi connectivity index (χ2v) is 10.6. The summed E-state index contributed by atoms with van der Waals surface area (Å²) in [6, 6.07) is 9.27. The quantitative estimate of drug-likeness (QED) is 0.0961. The van der Waals surface area contributed by atoms with Gasteiger partial charge in [0, 0.05) is 0 Å². The average Bonchev–Trinajstić information content (AvgIpc) is 2.89. The molecule has 0 unspecified atom stereocenters. The summed E-state index contributed by atoms with van der Waals surface area (Å²) in [4.78, 5) is 11.9. The predicted octanol–water partition coefficient (Wildman–Crippen LogP) is 11.2. The summed E-state index contributed by atoms with van der Waals surface area (Å²) >= 11 is 0. The van der Waals surface area contributed by atoms with Crippen molar-refractivity contribution in [2.45, 2.75) is 161 Å². The second-order valence-electron chi connectivity index (χ2n) is 10.6. The Morgan fingerprint density at radius 3 is 1.14 bits per heavy atom. The van der Waals surface area contributed by atoms with E-state index in [1.807, 2.05) is 30.3 Å². The molecule has 0 bridgehead atoms. The Morgan fingerprint density at radius 2 is 0.800 bits per heavy atom. The van der Waals surface area contributed by atoms with Crippen molar-refractivity contribution in [2.24, 2.45) is 0 Å². The lowest BCUT2D eigenvalue weighted by atomic mass is 10.0. The molecule has 35 heavy (non-hydrogen) atoms. The molecule has 0 aromatic heterocycles. The Bertz CT molecular complexity index is 553. The van der Waals surface area contributed by atoms with Gasteiger partial charge in [-0.05, 0) is 18.6 Å². The smallest absolute Gasteiger partial charge is 0.338 e. The van der Waals surface area contributed by atoms with Crippen LogP contribution in [0.4, 0.5) is 0 Å². The summed E-state index contributed by atoms with van der Waals surface area (Å²) in [7, 11) is 0. The number of carbonyl (C=O) groups excluding carboxylic acids is 1. The maximum atomic E-state index is 11.9. The molecule has 1 rings (SSSR count). The molecule has 1 aromatic carbocycles. The molecule has 0 saturated heterocycles. The molecule has 0 aliphatic carbocycles. The monoisotopic (exact) mass is 486 g/mol. The number of esters is 1. The predicted molar refractivity (Wildman–Crippen MR) is 153 cm³/mol. The highest BCUT2D eigenvalue weighted by molar-refractivity contribution is 5.89. The Labute approximate surface area is 219 Å². The van der Waals surface area contributed by atoms with E-state index in [1.165, 1.54) is 148 Å². The van der Waals surface area contributed by atoms with Crippen molar-refractivity contribution in [3.05, 3.63) is 35.9 Å². The van der Waals surface area contributed by atoms with E-state index >= 15 is 0 Å². The zero-order valence-corrected chi connectivity index (χ0v) is 23.4. The fourth-order valence-corrected chi connectivity index (χ4v) is 4.89. The lowest BCUT2D eigenvalue weighted by molar-refractivity contribution is 0.0497. The van der Waals surface area contributed by atoms with Crippen LogP contribution in [-0.2, 0) is 4.74 Å². The van der Waals surface area contributed by atoms with Crippen molar-refractivity contribution >= 4 is 5.97 Å². The molecule has 1 aromatic rings. The van der Waals surface area contributed by atoms with Gasteiger partial charge in [0.2, 0.25) is 0 Å². The van der Waals surface area contributed by atoms with Crippen molar-refractivity contribution in [1.29, 1.82) is 0 Å². The van der Waals surface area contributed by atoms with Crippen LogP contribution in [0.1, 0.15) is 171 Å². The van der Waals surface area contributed by atoms with Crippen LogP contribution in [0.3, 0.4) is 0 Å².